The molecule has 1 aliphatic heterocycles. The van der Waals surface area contributed by atoms with Gasteiger partial charge in [0.1, 0.15) is 5.75 Å². The van der Waals surface area contributed by atoms with Gasteiger partial charge in [0.25, 0.3) is 0 Å². The van der Waals surface area contributed by atoms with Gasteiger partial charge in [0, 0.05) is 36.0 Å². The largest absolute Gasteiger partial charge is 0.496 e. The number of rotatable bonds is 7. The van der Waals surface area contributed by atoms with Gasteiger partial charge in [-0.15, -0.1) is 0 Å². The van der Waals surface area contributed by atoms with Crippen LogP contribution in [0.4, 0.5) is 15.3 Å². The Labute approximate surface area is 190 Å². The Morgan fingerprint density at radius 1 is 1.33 bits per heavy atom. The number of hydrogen-bond donors (Lipinski definition) is 4. The molecule has 0 radical (unpaired) electrons. The fourth-order valence-corrected chi connectivity index (χ4v) is 4.32. The van der Waals surface area contributed by atoms with Gasteiger partial charge in [0.15, 0.2) is 12.2 Å². The molecule has 2 atom stereocenters. The number of carbonyl (C=O) groups excluding carboxylic acids is 1. The van der Waals surface area contributed by atoms with Gasteiger partial charge >= 0.3 is 12.1 Å². The van der Waals surface area contributed by atoms with Crippen molar-refractivity contribution < 1.29 is 28.6 Å². The second-order valence-corrected chi connectivity index (χ2v) is 8.04. The van der Waals surface area contributed by atoms with E-state index in [2.05, 4.69) is 20.9 Å². The van der Waals surface area contributed by atoms with Gasteiger partial charge in [-0.2, -0.15) is 0 Å². The number of anilines is 1. The van der Waals surface area contributed by atoms with Crippen LogP contribution in [0.2, 0.25) is 0 Å². The van der Waals surface area contributed by atoms with E-state index < -0.39 is 17.5 Å². The molecule has 1 saturated heterocycles. The predicted octanol–water partition coefficient (Wildman–Crippen LogP) is 3.61. The molecule has 0 bridgehead atoms. The number of nitrogens with zero attached hydrogens (tertiary/aromatic N) is 1. The maximum atomic E-state index is 12.7. The third-order valence-electron chi connectivity index (χ3n) is 5.99. The quantitative estimate of drug-likeness (QED) is 0.502. The Hall–Kier alpha value is -3.79. The van der Waals surface area contributed by atoms with Gasteiger partial charge in [-0.25, -0.2) is 14.6 Å². The first-order valence-corrected chi connectivity index (χ1v) is 10.6. The number of carbonyl (C=O) groups is 2. The molecule has 10 heteroatoms. The van der Waals surface area contributed by atoms with Gasteiger partial charge in [0.05, 0.1) is 25.5 Å². The van der Waals surface area contributed by atoms with E-state index in [0.29, 0.717) is 42.5 Å². The number of ether oxygens (including phenoxy) is 2. The highest BCUT2D eigenvalue weighted by atomic mass is 16.5. The molecule has 10 nitrogen and oxygen atoms in total. The van der Waals surface area contributed by atoms with Crippen LogP contribution in [0.15, 0.2) is 59.1 Å². The summed E-state index contributed by atoms with van der Waals surface area (Å²) >= 11 is 0. The second-order valence-electron chi connectivity index (χ2n) is 8.04. The third kappa shape index (κ3) is 5.17. The smallest absolute Gasteiger partial charge is 0.404 e. The Bertz CT molecular complexity index is 1060. The van der Waals surface area contributed by atoms with Crippen molar-refractivity contribution in [3.05, 3.63) is 54.7 Å². The fraction of sp³-hybridized carbons (Fsp3) is 0.348. The summed E-state index contributed by atoms with van der Waals surface area (Å²) in [5, 5.41) is 17.3. The molecule has 174 valence electrons. The van der Waals surface area contributed by atoms with Crippen LogP contribution in [0, 0.1) is 11.3 Å². The van der Waals surface area contributed by atoms with Crippen LogP contribution in [0.25, 0.3) is 11.3 Å². The van der Waals surface area contributed by atoms with Crippen molar-refractivity contribution in [2.24, 2.45) is 11.3 Å². The number of amides is 3. The van der Waals surface area contributed by atoms with Gasteiger partial charge in [0.2, 0.25) is 0 Å². The lowest BCUT2D eigenvalue weighted by atomic mass is 9.69. The van der Waals surface area contributed by atoms with Crippen molar-refractivity contribution in [3.63, 3.8) is 0 Å². The molecule has 4 N–H and O–H groups in total. The fourth-order valence-electron chi connectivity index (χ4n) is 4.32. The highest BCUT2D eigenvalue weighted by Gasteiger charge is 2.41. The SMILES string of the molecule is COc1cc(NC(=O)NC2=CC=C[C@](CNC(=O)O)(C3CCOC3)C2)ccc1-c1cnco1. The molecule has 2 aromatic rings. The van der Waals surface area contributed by atoms with Crippen LogP contribution in [0.5, 0.6) is 5.75 Å². The van der Waals surface area contributed by atoms with E-state index in [4.69, 9.17) is 19.0 Å². The molecule has 0 spiro atoms. The van der Waals surface area contributed by atoms with Gasteiger partial charge in [-0.1, -0.05) is 12.2 Å². The first kappa shape index (κ1) is 22.4. The second kappa shape index (κ2) is 9.78. The molecule has 1 unspecified atom stereocenters. The van der Waals surface area contributed by atoms with Crippen molar-refractivity contribution in [3.8, 4) is 17.1 Å². The summed E-state index contributed by atoms with van der Waals surface area (Å²) in [6.07, 6.45) is 8.86. The summed E-state index contributed by atoms with van der Waals surface area (Å²) in [5.41, 5.74) is 1.49. The maximum absolute atomic E-state index is 12.7. The predicted molar refractivity (Wildman–Crippen MR) is 120 cm³/mol. The third-order valence-corrected chi connectivity index (χ3v) is 5.99. The molecular formula is C23H26N4O6. The molecule has 1 aromatic heterocycles. The highest BCUT2D eigenvalue weighted by molar-refractivity contribution is 5.91. The molecule has 1 aromatic carbocycles. The molecule has 2 heterocycles. The Morgan fingerprint density at radius 2 is 2.21 bits per heavy atom. The number of allylic oxidation sites excluding steroid dienone is 3. The Balaban J connectivity index is 1.43. The van der Waals surface area contributed by atoms with Crippen LogP contribution in [0.3, 0.4) is 0 Å². The van der Waals surface area contributed by atoms with E-state index in [-0.39, 0.29) is 12.5 Å². The van der Waals surface area contributed by atoms with E-state index in [1.165, 1.54) is 13.5 Å². The molecule has 4 rings (SSSR count). The van der Waals surface area contributed by atoms with Crippen molar-refractivity contribution in [2.45, 2.75) is 12.8 Å². The zero-order chi connectivity index (χ0) is 23.3. The van der Waals surface area contributed by atoms with Crippen molar-refractivity contribution in [2.75, 3.05) is 32.2 Å². The number of aromatic nitrogens is 1. The number of hydrogen-bond acceptors (Lipinski definition) is 6. The summed E-state index contributed by atoms with van der Waals surface area (Å²) in [6, 6.07) is 4.81. The first-order valence-electron chi connectivity index (χ1n) is 10.6. The number of oxazole rings is 1. The van der Waals surface area contributed by atoms with Gasteiger partial charge < -0.3 is 34.9 Å². The average molecular weight is 454 g/mol. The van der Waals surface area contributed by atoms with Crippen LogP contribution >= 0.6 is 0 Å². The topological polar surface area (TPSA) is 135 Å². The molecular weight excluding hydrogens is 428 g/mol. The number of benzene rings is 1. The Kier molecular flexibility index (Phi) is 6.64. The maximum Gasteiger partial charge on any atom is 0.404 e. The molecule has 0 saturated carbocycles. The number of carboxylic acid groups (broad SMARTS) is 1. The minimum absolute atomic E-state index is 0.155. The summed E-state index contributed by atoms with van der Waals surface area (Å²) in [7, 11) is 1.54. The van der Waals surface area contributed by atoms with E-state index in [1.54, 1.807) is 24.4 Å². The highest BCUT2D eigenvalue weighted by Crippen LogP contribution is 2.42. The van der Waals surface area contributed by atoms with Crippen molar-refractivity contribution in [1.82, 2.24) is 15.6 Å². The van der Waals surface area contributed by atoms with Crippen LogP contribution in [-0.2, 0) is 4.74 Å². The summed E-state index contributed by atoms with van der Waals surface area (Å²) in [4.78, 5) is 27.7. The standard InChI is InChI=1S/C23H26N4O6/c1-31-19-9-16(4-5-18(19)20-11-24-14-33-20)26-21(28)27-17-3-2-7-23(10-17,13-25-22(29)30)15-6-8-32-12-15/h2-5,7,9,11,14-15,25H,6,8,10,12-13H2,1H3,(H,29,30)(H2,26,27,28)/t15?,23-/m0/s1. The zero-order valence-electron chi connectivity index (χ0n) is 18.2. The monoisotopic (exact) mass is 454 g/mol. The first-order chi connectivity index (χ1) is 16.0. The minimum Gasteiger partial charge on any atom is -0.496 e. The van der Waals surface area contributed by atoms with Gasteiger partial charge in [-0.3, -0.25) is 0 Å². The van der Waals surface area contributed by atoms with Crippen molar-refractivity contribution in [1.29, 1.82) is 0 Å². The Morgan fingerprint density at radius 3 is 2.91 bits per heavy atom. The van der Waals surface area contributed by atoms with E-state index in [9.17, 15) is 9.59 Å². The normalized spacial score (nSPS) is 21.8. The average Bonchev–Trinajstić information content (AvgIpc) is 3.52. The molecule has 3 amide bonds. The van der Waals surface area contributed by atoms with Crippen LogP contribution < -0.4 is 20.7 Å². The number of methoxy groups -OCH3 is 1. The van der Waals surface area contributed by atoms with Crippen LogP contribution in [0.1, 0.15) is 12.8 Å². The van der Waals surface area contributed by atoms with Gasteiger partial charge in [-0.05, 0) is 37.0 Å². The molecule has 1 fully saturated rings. The lowest BCUT2D eigenvalue weighted by Gasteiger charge is -2.38. The molecule has 1 aliphatic carbocycles. The summed E-state index contributed by atoms with van der Waals surface area (Å²) < 4.78 is 16.3. The van der Waals surface area contributed by atoms with Crippen LogP contribution in [-0.4, -0.2) is 49.1 Å². The van der Waals surface area contributed by atoms with E-state index >= 15 is 0 Å². The van der Waals surface area contributed by atoms with E-state index in [1.807, 2.05) is 18.2 Å². The molecule has 2 aliphatic rings. The lowest BCUT2D eigenvalue weighted by Crippen LogP contribution is -2.44. The van der Waals surface area contributed by atoms with Crippen molar-refractivity contribution >= 4 is 17.8 Å². The number of urea groups is 1. The zero-order valence-corrected chi connectivity index (χ0v) is 18.2. The molecule has 33 heavy (non-hydrogen) atoms. The summed E-state index contributed by atoms with van der Waals surface area (Å²) in [6.45, 7) is 1.45. The summed E-state index contributed by atoms with van der Waals surface area (Å²) in [5.74, 6) is 1.25. The number of nitrogens with one attached hydrogen (secondary N) is 3. The van der Waals surface area contributed by atoms with E-state index in [0.717, 1.165) is 12.0 Å². The lowest BCUT2D eigenvalue weighted by molar-refractivity contribution is 0.140. The minimum atomic E-state index is -1.08.